The quantitative estimate of drug-likeness (QED) is 0.799. The Morgan fingerprint density at radius 3 is 2.62 bits per heavy atom. The number of nitrogens with one attached hydrogen (secondary N) is 1. The number of hydrogen-bond acceptors (Lipinski definition) is 2. The highest BCUT2D eigenvalue weighted by molar-refractivity contribution is 5.48. The number of nitrogens with zero attached hydrogens (tertiary/aromatic N) is 1. The Hall–Kier alpha value is -1.09. The molecule has 0 unspecified atom stereocenters. The number of rotatable bonds is 6. The normalized spacial score (nSPS) is 10.5. The van der Waals surface area contributed by atoms with Crippen molar-refractivity contribution in [3.8, 4) is 0 Å². The summed E-state index contributed by atoms with van der Waals surface area (Å²) >= 11 is 0. The molecule has 0 spiro atoms. The number of benzene rings is 1. The van der Waals surface area contributed by atoms with Gasteiger partial charge in [-0.3, -0.25) is 0 Å². The Labute approximate surface area is 97.5 Å². The van der Waals surface area contributed by atoms with Crippen LogP contribution < -0.4 is 10.2 Å². The van der Waals surface area contributed by atoms with Crippen molar-refractivity contribution >= 4 is 5.69 Å². The molecule has 0 aromatic heterocycles. The molecule has 0 aliphatic carbocycles. The van der Waals surface area contributed by atoms with Gasteiger partial charge in [-0.15, -0.1) is 0 Å². The SMILES string of the molecule is CCCN(C)c1cc(F)cc(CNCC)c1. The highest BCUT2D eigenvalue weighted by Gasteiger charge is 2.04. The summed E-state index contributed by atoms with van der Waals surface area (Å²) in [7, 11) is 2.00. The number of anilines is 1. The zero-order chi connectivity index (χ0) is 12.0. The van der Waals surface area contributed by atoms with Gasteiger partial charge in [-0.05, 0) is 36.7 Å². The van der Waals surface area contributed by atoms with E-state index in [1.807, 2.05) is 20.0 Å². The largest absolute Gasteiger partial charge is 0.375 e. The number of hydrogen-bond donors (Lipinski definition) is 1. The van der Waals surface area contributed by atoms with E-state index in [0.717, 1.165) is 37.3 Å². The first-order valence-electron chi connectivity index (χ1n) is 5.88. The lowest BCUT2D eigenvalue weighted by atomic mass is 10.1. The second-order valence-corrected chi connectivity index (χ2v) is 4.02. The second kappa shape index (κ2) is 6.48. The van der Waals surface area contributed by atoms with E-state index in [9.17, 15) is 4.39 Å². The van der Waals surface area contributed by atoms with Gasteiger partial charge >= 0.3 is 0 Å². The van der Waals surface area contributed by atoms with Gasteiger partial charge in [0.2, 0.25) is 0 Å². The lowest BCUT2D eigenvalue weighted by molar-refractivity contribution is 0.621. The smallest absolute Gasteiger partial charge is 0.125 e. The van der Waals surface area contributed by atoms with Gasteiger partial charge in [0.15, 0.2) is 0 Å². The Balaban J connectivity index is 2.80. The topological polar surface area (TPSA) is 15.3 Å². The van der Waals surface area contributed by atoms with E-state index >= 15 is 0 Å². The van der Waals surface area contributed by atoms with Crippen LogP contribution in [0.5, 0.6) is 0 Å². The Morgan fingerprint density at radius 1 is 1.25 bits per heavy atom. The van der Waals surface area contributed by atoms with Crippen molar-refractivity contribution in [1.29, 1.82) is 0 Å². The van der Waals surface area contributed by atoms with Crippen molar-refractivity contribution in [2.75, 3.05) is 25.0 Å². The maximum atomic E-state index is 13.4. The fraction of sp³-hybridized carbons (Fsp3) is 0.538. The van der Waals surface area contributed by atoms with Gasteiger partial charge in [0, 0.05) is 25.8 Å². The fourth-order valence-electron chi connectivity index (χ4n) is 1.69. The standard InChI is InChI=1S/C13H21FN2/c1-4-6-16(3)13-8-11(10-15-5-2)7-12(14)9-13/h7-9,15H,4-6,10H2,1-3H3. The molecule has 0 fully saturated rings. The van der Waals surface area contributed by atoms with Gasteiger partial charge in [0.05, 0.1) is 0 Å². The molecule has 3 heteroatoms. The van der Waals surface area contributed by atoms with Crippen molar-refractivity contribution in [3.05, 3.63) is 29.6 Å². The third-order valence-corrected chi connectivity index (χ3v) is 2.52. The molecule has 0 aliphatic rings. The zero-order valence-electron chi connectivity index (χ0n) is 10.4. The lowest BCUT2D eigenvalue weighted by Crippen LogP contribution is -2.19. The molecule has 0 saturated heterocycles. The highest BCUT2D eigenvalue weighted by Crippen LogP contribution is 2.17. The Kier molecular flexibility index (Phi) is 5.26. The van der Waals surface area contributed by atoms with Crippen LogP contribution in [0.25, 0.3) is 0 Å². The third kappa shape index (κ3) is 3.81. The molecule has 2 nitrogen and oxygen atoms in total. The van der Waals surface area contributed by atoms with Gasteiger partial charge in [-0.1, -0.05) is 13.8 Å². The molecule has 0 saturated carbocycles. The van der Waals surface area contributed by atoms with Crippen LogP contribution >= 0.6 is 0 Å². The molecular weight excluding hydrogens is 203 g/mol. The molecule has 0 atom stereocenters. The van der Waals surface area contributed by atoms with Crippen molar-refractivity contribution in [2.45, 2.75) is 26.8 Å². The van der Waals surface area contributed by atoms with Crippen LogP contribution in [-0.2, 0) is 6.54 Å². The minimum atomic E-state index is -0.159. The molecule has 1 rings (SSSR count). The summed E-state index contributed by atoms with van der Waals surface area (Å²) < 4.78 is 13.4. The summed E-state index contributed by atoms with van der Waals surface area (Å²) in [4.78, 5) is 2.08. The van der Waals surface area contributed by atoms with Gasteiger partial charge in [0.1, 0.15) is 5.82 Å². The van der Waals surface area contributed by atoms with E-state index in [0.29, 0.717) is 0 Å². The van der Waals surface area contributed by atoms with Crippen LogP contribution in [0.3, 0.4) is 0 Å². The number of halogens is 1. The molecule has 1 aromatic carbocycles. The van der Waals surface area contributed by atoms with Crippen molar-refractivity contribution in [2.24, 2.45) is 0 Å². The summed E-state index contributed by atoms with van der Waals surface area (Å²) in [6, 6.07) is 5.22. The van der Waals surface area contributed by atoms with Crippen LogP contribution in [0.15, 0.2) is 18.2 Å². The first-order valence-corrected chi connectivity index (χ1v) is 5.88. The summed E-state index contributed by atoms with van der Waals surface area (Å²) in [6.07, 6.45) is 1.07. The van der Waals surface area contributed by atoms with Crippen LogP contribution in [0.1, 0.15) is 25.8 Å². The lowest BCUT2D eigenvalue weighted by Gasteiger charge is -2.19. The second-order valence-electron chi connectivity index (χ2n) is 4.02. The van der Waals surface area contributed by atoms with Crippen LogP contribution in [0.2, 0.25) is 0 Å². The summed E-state index contributed by atoms with van der Waals surface area (Å²) in [5.74, 6) is -0.159. The van der Waals surface area contributed by atoms with E-state index < -0.39 is 0 Å². The predicted molar refractivity (Wildman–Crippen MR) is 67.3 cm³/mol. The molecule has 0 aliphatic heterocycles. The van der Waals surface area contributed by atoms with E-state index in [2.05, 4.69) is 17.1 Å². The summed E-state index contributed by atoms with van der Waals surface area (Å²) in [5, 5.41) is 3.20. The van der Waals surface area contributed by atoms with E-state index in [1.165, 1.54) is 0 Å². The van der Waals surface area contributed by atoms with Gasteiger partial charge in [-0.2, -0.15) is 0 Å². The molecular formula is C13H21FN2. The molecule has 1 aromatic rings. The molecule has 0 heterocycles. The molecule has 0 radical (unpaired) electrons. The maximum Gasteiger partial charge on any atom is 0.125 e. The van der Waals surface area contributed by atoms with E-state index in [-0.39, 0.29) is 5.82 Å². The highest BCUT2D eigenvalue weighted by atomic mass is 19.1. The maximum absolute atomic E-state index is 13.4. The third-order valence-electron chi connectivity index (χ3n) is 2.52. The Morgan fingerprint density at radius 2 is 2.00 bits per heavy atom. The summed E-state index contributed by atoms with van der Waals surface area (Å²) in [6.45, 7) is 6.74. The average molecular weight is 224 g/mol. The molecule has 90 valence electrons. The van der Waals surface area contributed by atoms with Gasteiger partial charge in [0.25, 0.3) is 0 Å². The average Bonchev–Trinajstić information content (AvgIpc) is 2.26. The first-order chi connectivity index (χ1) is 7.67. The summed E-state index contributed by atoms with van der Waals surface area (Å²) in [5.41, 5.74) is 1.95. The minimum Gasteiger partial charge on any atom is -0.375 e. The molecule has 0 amide bonds. The molecule has 1 N–H and O–H groups in total. The zero-order valence-corrected chi connectivity index (χ0v) is 10.4. The van der Waals surface area contributed by atoms with Crippen molar-refractivity contribution < 1.29 is 4.39 Å². The van der Waals surface area contributed by atoms with Crippen molar-refractivity contribution in [3.63, 3.8) is 0 Å². The minimum absolute atomic E-state index is 0.159. The Bertz CT molecular complexity index is 326. The molecule has 0 bridgehead atoms. The van der Waals surface area contributed by atoms with Crippen LogP contribution in [0, 0.1) is 5.82 Å². The van der Waals surface area contributed by atoms with Gasteiger partial charge < -0.3 is 10.2 Å². The monoisotopic (exact) mass is 224 g/mol. The predicted octanol–water partition coefficient (Wildman–Crippen LogP) is 2.78. The molecule has 16 heavy (non-hydrogen) atoms. The van der Waals surface area contributed by atoms with Crippen LogP contribution in [0.4, 0.5) is 10.1 Å². The van der Waals surface area contributed by atoms with E-state index in [1.54, 1.807) is 12.1 Å². The van der Waals surface area contributed by atoms with Crippen LogP contribution in [-0.4, -0.2) is 20.1 Å². The van der Waals surface area contributed by atoms with Gasteiger partial charge in [-0.25, -0.2) is 4.39 Å². The van der Waals surface area contributed by atoms with E-state index in [4.69, 9.17) is 0 Å². The fourth-order valence-corrected chi connectivity index (χ4v) is 1.69. The van der Waals surface area contributed by atoms with Crippen molar-refractivity contribution in [1.82, 2.24) is 5.32 Å². The first kappa shape index (κ1) is 13.0.